The molecule has 0 saturated carbocycles. The third kappa shape index (κ3) is 5.05. The van der Waals surface area contributed by atoms with Crippen LogP contribution >= 0.6 is 0 Å². The van der Waals surface area contributed by atoms with Crippen LogP contribution in [0.5, 0.6) is 0 Å². The number of hydrogen-bond donors (Lipinski definition) is 1. The Morgan fingerprint density at radius 1 is 1.03 bits per heavy atom. The van der Waals surface area contributed by atoms with Crippen molar-refractivity contribution in [3.8, 4) is 0 Å². The van der Waals surface area contributed by atoms with Gasteiger partial charge in [-0.2, -0.15) is 0 Å². The van der Waals surface area contributed by atoms with E-state index in [1.54, 1.807) is 0 Å². The molecule has 0 unspecified atom stereocenters. The third-order valence-electron chi connectivity index (χ3n) is 6.02. The van der Waals surface area contributed by atoms with E-state index in [1.807, 2.05) is 29.4 Å². The summed E-state index contributed by atoms with van der Waals surface area (Å²) < 4.78 is 0. The zero-order chi connectivity index (χ0) is 20.1. The lowest BCUT2D eigenvalue weighted by atomic mass is 9.93. The van der Waals surface area contributed by atoms with Crippen molar-refractivity contribution >= 4 is 23.2 Å². The van der Waals surface area contributed by atoms with E-state index in [0.717, 1.165) is 54.9 Å². The Kier molecular flexibility index (Phi) is 6.27. The molecule has 2 fully saturated rings. The maximum Gasteiger partial charge on any atom is 0.225 e. The normalized spacial score (nSPS) is 17.8. The van der Waals surface area contributed by atoms with Gasteiger partial charge >= 0.3 is 0 Å². The third-order valence-corrected chi connectivity index (χ3v) is 6.02. The molecule has 0 radical (unpaired) electrons. The number of hydrogen-bond acceptors (Lipinski definition) is 5. The van der Waals surface area contributed by atoms with Crippen LogP contribution < -0.4 is 10.2 Å². The van der Waals surface area contributed by atoms with Gasteiger partial charge < -0.3 is 15.1 Å². The molecule has 1 aromatic carbocycles. The second kappa shape index (κ2) is 9.25. The van der Waals surface area contributed by atoms with Crippen LogP contribution in [-0.4, -0.2) is 40.4 Å². The minimum absolute atomic E-state index is 0.263. The minimum Gasteiger partial charge on any atom is -0.353 e. The van der Waals surface area contributed by atoms with Crippen molar-refractivity contribution in [1.29, 1.82) is 0 Å². The Hall–Kier alpha value is -2.63. The first-order chi connectivity index (χ1) is 14.2. The summed E-state index contributed by atoms with van der Waals surface area (Å²) in [5.74, 6) is 1.96. The average Bonchev–Trinajstić information content (AvgIpc) is 3.15. The van der Waals surface area contributed by atoms with Gasteiger partial charge in [0.05, 0.1) is 18.1 Å². The predicted octanol–water partition coefficient (Wildman–Crippen LogP) is 4.36. The van der Waals surface area contributed by atoms with Gasteiger partial charge in [0.1, 0.15) is 0 Å². The maximum absolute atomic E-state index is 11.8. The van der Waals surface area contributed by atoms with Gasteiger partial charge in [-0.25, -0.2) is 9.97 Å². The zero-order valence-corrected chi connectivity index (χ0v) is 17.3. The molecule has 2 aromatic rings. The molecule has 1 amide bonds. The summed E-state index contributed by atoms with van der Waals surface area (Å²) in [6.45, 7) is 5.95. The first kappa shape index (κ1) is 19.7. The zero-order valence-electron chi connectivity index (χ0n) is 17.3. The van der Waals surface area contributed by atoms with E-state index in [2.05, 4.69) is 39.2 Å². The van der Waals surface area contributed by atoms with Gasteiger partial charge in [0.15, 0.2) is 0 Å². The molecule has 1 N–H and O–H groups in total. The molecule has 1 aromatic heterocycles. The van der Waals surface area contributed by atoms with E-state index >= 15 is 0 Å². The SMILES string of the molecule is CCCC1CCN(c2ncc(Nc3ccc(CN4CCCC4=O)cc3)cn2)CC1. The summed E-state index contributed by atoms with van der Waals surface area (Å²) in [6, 6.07) is 8.23. The van der Waals surface area contributed by atoms with Crippen LogP contribution in [0.15, 0.2) is 36.7 Å². The molecule has 0 atom stereocenters. The second-order valence-electron chi connectivity index (χ2n) is 8.23. The molecule has 6 heteroatoms. The minimum atomic E-state index is 0.263. The van der Waals surface area contributed by atoms with Crippen molar-refractivity contribution in [3.05, 3.63) is 42.2 Å². The number of carbonyl (C=O) groups is 1. The van der Waals surface area contributed by atoms with Gasteiger partial charge in [0, 0.05) is 38.3 Å². The largest absolute Gasteiger partial charge is 0.353 e. The van der Waals surface area contributed by atoms with Crippen molar-refractivity contribution in [2.24, 2.45) is 5.92 Å². The van der Waals surface area contributed by atoms with Crippen molar-refractivity contribution in [3.63, 3.8) is 0 Å². The van der Waals surface area contributed by atoms with Crippen molar-refractivity contribution in [2.75, 3.05) is 29.9 Å². The fraction of sp³-hybridized carbons (Fsp3) is 0.522. The highest BCUT2D eigenvalue weighted by Crippen LogP contribution is 2.25. The Balaban J connectivity index is 1.30. The van der Waals surface area contributed by atoms with Gasteiger partial charge in [-0.15, -0.1) is 0 Å². The molecule has 0 bridgehead atoms. The Bertz CT molecular complexity index is 797. The lowest BCUT2D eigenvalue weighted by Crippen LogP contribution is -2.34. The summed E-state index contributed by atoms with van der Waals surface area (Å²) in [4.78, 5) is 25.1. The molecule has 6 nitrogen and oxygen atoms in total. The first-order valence-electron chi connectivity index (χ1n) is 10.9. The number of nitrogens with zero attached hydrogens (tertiary/aromatic N) is 4. The number of amides is 1. The smallest absolute Gasteiger partial charge is 0.225 e. The molecule has 0 aliphatic carbocycles. The van der Waals surface area contributed by atoms with Gasteiger partial charge in [-0.3, -0.25) is 4.79 Å². The number of benzene rings is 1. The van der Waals surface area contributed by atoms with Crippen molar-refractivity contribution in [1.82, 2.24) is 14.9 Å². The standard InChI is InChI=1S/C23H31N5O/c1-2-4-18-10-13-27(14-11-18)23-24-15-21(16-25-23)26-20-8-6-19(7-9-20)17-28-12-3-5-22(28)29/h6-9,15-16,18,26H,2-5,10-14,17H2,1H3. The molecule has 0 spiro atoms. The van der Waals surface area contributed by atoms with Crippen molar-refractivity contribution in [2.45, 2.75) is 52.0 Å². The molecule has 2 aliphatic rings. The highest BCUT2D eigenvalue weighted by atomic mass is 16.2. The van der Waals surface area contributed by atoms with Gasteiger partial charge in [-0.05, 0) is 42.9 Å². The number of likely N-dealkylation sites (tertiary alicyclic amines) is 1. The molecule has 2 aliphatic heterocycles. The van der Waals surface area contributed by atoms with Crippen LogP contribution in [0.25, 0.3) is 0 Å². The van der Waals surface area contributed by atoms with E-state index in [0.29, 0.717) is 13.0 Å². The van der Waals surface area contributed by atoms with Crippen LogP contribution in [0, 0.1) is 5.92 Å². The fourth-order valence-electron chi connectivity index (χ4n) is 4.33. The molecular weight excluding hydrogens is 362 g/mol. The second-order valence-corrected chi connectivity index (χ2v) is 8.23. The first-order valence-corrected chi connectivity index (χ1v) is 10.9. The number of anilines is 3. The van der Waals surface area contributed by atoms with Crippen molar-refractivity contribution < 1.29 is 4.79 Å². The summed E-state index contributed by atoms with van der Waals surface area (Å²) in [5.41, 5.74) is 3.04. The molecule has 29 heavy (non-hydrogen) atoms. The number of carbonyl (C=O) groups excluding carboxylic acids is 1. The van der Waals surface area contributed by atoms with Crippen LogP contribution in [0.2, 0.25) is 0 Å². The molecular formula is C23H31N5O. The number of rotatable bonds is 7. The summed E-state index contributed by atoms with van der Waals surface area (Å²) in [7, 11) is 0. The van der Waals surface area contributed by atoms with E-state index in [9.17, 15) is 4.79 Å². The molecule has 154 valence electrons. The number of aromatic nitrogens is 2. The Morgan fingerprint density at radius 2 is 1.76 bits per heavy atom. The summed E-state index contributed by atoms with van der Waals surface area (Å²) in [5, 5.41) is 3.36. The van der Waals surface area contributed by atoms with Gasteiger partial charge in [0.25, 0.3) is 0 Å². The van der Waals surface area contributed by atoms with E-state index in [-0.39, 0.29) is 5.91 Å². The van der Waals surface area contributed by atoms with Crippen LogP contribution in [0.4, 0.5) is 17.3 Å². The van der Waals surface area contributed by atoms with Gasteiger partial charge in [-0.1, -0.05) is 31.9 Å². The summed E-state index contributed by atoms with van der Waals surface area (Å²) in [6.07, 6.45) is 10.5. The van der Waals surface area contributed by atoms with E-state index in [4.69, 9.17) is 0 Å². The quantitative estimate of drug-likeness (QED) is 0.757. The molecule has 4 rings (SSSR count). The fourth-order valence-corrected chi connectivity index (χ4v) is 4.33. The number of nitrogens with one attached hydrogen (secondary N) is 1. The monoisotopic (exact) mass is 393 g/mol. The maximum atomic E-state index is 11.8. The van der Waals surface area contributed by atoms with E-state index < -0.39 is 0 Å². The van der Waals surface area contributed by atoms with Crippen LogP contribution in [0.3, 0.4) is 0 Å². The molecule has 2 saturated heterocycles. The highest BCUT2D eigenvalue weighted by molar-refractivity contribution is 5.78. The Labute approximate surface area is 173 Å². The topological polar surface area (TPSA) is 61.4 Å². The predicted molar refractivity (Wildman–Crippen MR) is 116 cm³/mol. The number of piperidine rings is 1. The Morgan fingerprint density at radius 3 is 2.38 bits per heavy atom. The van der Waals surface area contributed by atoms with Gasteiger partial charge in [0.2, 0.25) is 11.9 Å². The summed E-state index contributed by atoms with van der Waals surface area (Å²) >= 11 is 0. The van der Waals surface area contributed by atoms with Crippen LogP contribution in [0.1, 0.15) is 51.0 Å². The average molecular weight is 394 g/mol. The lowest BCUT2D eigenvalue weighted by Gasteiger charge is -2.31. The van der Waals surface area contributed by atoms with E-state index in [1.165, 1.54) is 25.7 Å². The molecule has 3 heterocycles. The lowest BCUT2D eigenvalue weighted by molar-refractivity contribution is -0.128. The van der Waals surface area contributed by atoms with Crippen LogP contribution in [-0.2, 0) is 11.3 Å². The highest BCUT2D eigenvalue weighted by Gasteiger charge is 2.21.